The smallest absolute Gasteiger partial charge is 0.303 e. The summed E-state index contributed by atoms with van der Waals surface area (Å²) in [4.78, 5) is 20.6. The topological polar surface area (TPSA) is 151 Å². The highest BCUT2D eigenvalue weighted by molar-refractivity contribution is 5.61. The number of hydrogen-bond acceptors (Lipinski definition) is 8. The van der Waals surface area contributed by atoms with E-state index in [9.17, 15) is 30.4 Å². The first-order chi connectivity index (χ1) is 13.9. The molecule has 0 aliphatic carbocycles. The normalized spacial score (nSPS) is 12.0. The highest BCUT2D eigenvalue weighted by Crippen LogP contribution is 2.37. The van der Waals surface area contributed by atoms with Gasteiger partial charge in [0.1, 0.15) is 17.5 Å². The third-order valence-corrected chi connectivity index (χ3v) is 4.07. The molecule has 0 heterocycles. The second-order valence-electron chi connectivity index (χ2n) is 5.96. The van der Waals surface area contributed by atoms with Crippen LogP contribution in [0.5, 0.6) is 11.5 Å². The monoisotopic (exact) mass is 394 g/mol. The third-order valence-electron chi connectivity index (χ3n) is 4.07. The lowest BCUT2D eigenvalue weighted by molar-refractivity contribution is -0.393. The molecule has 3 rings (SSSR count). The molecule has 0 bridgehead atoms. The Morgan fingerprint density at radius 2 is 1.59 bits per heavy atom. The molecule has 3 aromatic rings. The van der Waals surface area contributed by atoms with Crippen molar-refractivity contribution in [3.05, 3.63) is 98.1 Å². The van der Waals surface area contributed by atoms with Crippen LogP contribution in [0.25, 0.3) is 0 Å². The van der Waals surface area contributed by atoms with Crippen LogP contribution in [0.15, 0.2) is 77.0 Å². The Kier molecular flexibility index (Phi) is 5.44. The quantitative estimate of drug-likeness (QED) is 0.348. The van der Waals surface area contributed by atoms with Gasteiger partial charge in [-0.05, 0) is 23.8 Å². The van der Waals surface area contributed by atoms with Gasteiger partial charge in [0.05, 0.1) is 15.9 Å². The fourth-order valence-corrected chi connectivity index (χ4v) is 2.68. The van der Waals surface area contributed by atoms with Crippen LogP contribution in [0, 0.1) is 20.2 Å². The van der Waals surface area contributed by atoms with Crippen molar-refractivity contribution in [1.82, 2.24) is 0 Å². The number of non-ortho nitro benzene ring substituents is 1. The Bertz CT molecular complexity index is 1100. The van der Waals surface area contributed by atoms with Crippen molar-refractivity contribution in [3.8, 4) is 11.5 Å². The van der Waals surface area contributed by atoms with Crippen LogP contribution in [0.3, 0.4) is 0 Å². The van der Waals surface area contributed by atoms with E-state index in [-0.39, 0.29) is 17.2 Å². The first-order valence-corrected chi connectivity index (χ1v) is 8.27. The van der Waals surface area contributed by atoms with Crippen molar-refractivity contribution < 1.29 is 20.1 Å². The average Bonchev–Trinajstić information content (AvgIpc) is 2.70. The van der Waals surface area contributed by atoms with Gasteiger partial charge in [0, 0.05) is 17.7 Å². The molecule has 0 aliphatic heterocycles. The number of aromatic hydroxyl groups is 2. The van der Waals surface area contributed by atoms with Gasteiger partial charge in [-0.25, -0.2) is 0 Å². The zero-order chi connectivity index (χ0) is 21.0. The van der Waals surface area contributed by atoms with Gasteiger partial charge in [-0.3, -0.25) is 20.2 Å². The predicted molar refractivity (Wildman–Crippen MR) is 102 cm³/mol. The number of phenols is 2. The molecule has 1 atom stereocenters. The van der Waals surface area contributed by atoms with Crippen molar-refractivity contribution in [2.75, 3.05) is 0 Å². The maximum absolute atomic E-state index is 11.3. The van der Waals surface area contributed by atoms with Crippen molar-refractivity contribution in [2.45, 2.75) is 6.04 Å². The van der Waals surface area contributed by atoms with Gasteiger partial charge in [0.2, 0.25) is 0 Å². The summed E-state index contributed by atoms with van der Waals surface area (Å²) in [5, 5.41) is 50.0. The number of nitrogens with zero attached hydrogens (tertiary/aromatic N) is 4. The van der Waals surface area contributed by atoms with Crippen LogP contribution in [-0.2, 0) is 0 Å². The number of benzene rings is 3. The maximum atomic E-state index is 11.3. The van der Waals surface area contributed by atoms with Gasteiger partial charge in [0.15, 0.2) is 5.69 Å². The minimum atomic E-state index is -0.827. The lowest BCUT2D eigenvalue weighted by atomic mass is 9.98. The Labute approximate surface area is 163 Å². The summed E-state index contributed by atoms with van der Waals surface area (Å²) in [7, 11) is 0. The van der Waals surface area contributed by atoms with Crippen LogP contribution in [0.1, 0.15) is 17.2 Å². The molecule has 0 saturated heterocycles. The molecular weight excluding hydrogens is 380 g/mol. The molecule has 1 unspecified atom stereocenters. The fourth-order valence-electron chi connectivity index (χ4n) is 2.68. The van der Waals surface area contributed by atoms with E-state index in [0.29, 0.717) is 11.1 Å². The first kappa shape index (κ1) is 19.4. The molecule has 0 fully saturated rings. The molecule has 146 valence electrons. The molecule has 10 nitrogen and oxygen atoms in total. The van der Waals surface area contributed by atoms with Gasteiger partial charge < -0.3 is 10.2 Å². The largest absolute Gasteiger partial charge is 0.508 e. The molecule has 0 aromatic heterocycles. The molecule has 0 radical (unpaired) electrons. The fraction of sp³-hybridized carbons (Fsp3) is 0.0526. The van der Waals surface area contributed by atoms with Crippen LogP contribution in [0.4, 0.5) is 17.1 Å². The van der Waals surface area contributed by atoms with Gasteiger partial charge >= 0.3 is 5.69 Å². The first-order valence-electron chi connectivity index (χ1n) is 8.27. The molecule has 2 N–H and O–H groups in total. The van der Waals surface area contributed by atoms with Crippen molar-refractivity contribution in [2.24, 2.45) is 10.2 Å². The van der Waals surface area contributed by atoms with Gasteiger partial charge in [-0.2, -0.15) is 5.11 Å². The summed E-state index contributed by atoms with van der Waals surface area (Å²) in [6.45, 7) is 0. The molecule has 0 saturated carbocycles. The maximum Gasteiger partial charge on any atom is 0.303 e. The minimum absolute atomic E-state index is 0.138. The van der Waals surface area contributed by atoms with E-state index >= 15 is 0 Å². The second-order valence-corrected chi connectivity index (χ2v) is 5.96. The average molecular weight is 394 g/mol. The summed E-state index contributed by atoms with van der Waals surface area (Å²) in [6, 6.07) is 15.0. The van der Waals surface area contributed by atoms with E-state index in [1.165, 1.54) is 12.1 Å². The lowest BCUT2D eigenvalue weighted by Gasteiger charge is -2.14. The summed E-state index contributed by atoms with van der Waals surface area (Å²) in [5.74, 6) is -0.364. The number of azo groups is 1. The Balaban J connectivity index is 2.08. The zero-order valence-corrected chi connectivity index (χ0v) is 14.7. The molecule has 3 aromatic carbocycles. The van der Waals surface area contributed by atoms with E-state index in [4.69, 9.17) is 0 Å². The molecule has 0 amide bonds. The molecular formula is C19H14N4O6. The van der Waals surface area contributed by atoms with Crippen LogP contribution in [-0.4, -0.2) is 20.1 Å². The van der Waals surface area contributed by atoms with Gasteiger partial charge in [0.25, 0.3) is 5.69 Å². The standard InChI is InChI=1S/C19H14N4O6/c24-14-7-8-15(18(25)11-14)19(12-4-2-1-3-5-12)21-20-16-9-6-13(22(26)27)10-17(16)23(28)29/h1-11,19,24-25H. The predicted octanol–water partition coefficient (Wildman–Crippen LogP) is 4.79. The van der Waals surface area contributed by atoms with Crippen molar-refractivity contribution >= 4 is 17.1 Å². The molecule has 0 spiro atoms. The molecule has 10 heteroatoms. The lowest BCUT2D eigenvalue weighted by Crippen LogP contribution is -1.98. The van der Waals surface area contributed by atoms with Gasteiger partial charge in [-0.15, -0.1) is 5.11 Å². The van der Waals surface area contributed by atoms with Gasteiger partial charge in [-0.1, -0.05) is 30.3 Å². The molecule has 0 aliphatic rings. The SMILES string of the molecule is O=[N+]([O-])c1ccc(N=NC(c2ccccc2)c2ccc(O)cc2O)c([N+](=O)[O-])c1. The Hall–Kier alpha value is -4.34. The van der Waals surface area contributed by atoms with Crippen LogP contribution >= 0.6 is 0 Å². The summed E-state index contributed by atoms with van der Waals surface area (Å²) >= 11 is 0. The summed E-state index contributed by atoms with van der Waals surface area (Å²) < 4.78 is 0. The second kappa shape index (κ2) is 8.13. The highest BCUT2D eigenvalue weighted by Gasteiger charge is 2.21. The zero-order valence-electron chi connectivity index (χ0n) is 14.7. The Morgan fingerprint density at radius 1 is 0.862 bits per heavy atom. The van der Waals surface area contributed by atoms with Crippen molar-refractivity contribution in [3.63, 3.8) is 0 Å². The summed E-state index contributed by atoms with van der Waals surface area (Å²) in [5.41, 5.74) is -0.208. The highest BCUT2D eigenvalue weighted by atomic mass is 16.6. The third kappa shape index (κ3) is 4.33. The summed E-state index contributed by atoms with van der Waals surface area (Å²) in [6.07, 6.45) is 0. The number of hydrogen-bond donors (Lipinski definition) is 2. The van der Waals surface area contributed by atoms with Crippen LogP contribution in [0.2, 0.25) is 0 Å². The van der Waals surface area contributed by atoms with E-state index in [0.717, 1.165) is 24.3 Å². The minimum Gasteiger partial charge on any atom is -0.508 e. The van der Waals surface area contributed by atoms with Crippen molar-refractivity contribution in [1.29, 1.82) is 0 Å². The number of phenolic OH excluding ortho intramolecular Hbond substituents is 2. The van der Waals surface area contributed by atoms with E-state index in [2.05, 4.69) is 10.2 Å². The number of nitro benzene ring substituents is 2. The number of rotatable bonds is 6. The Morgan fingerprint density at radius 3 is 2.21 bits per heavy atom. The van der Waals surface area contributed by atoms with E-state index in [1.54, 1.807) is 30.3 Å². The molecule has 29 heavy (non-hydrogen) atoms. The van der Waals surface area contributed by atoms with E-state index < -0.39 is 27.3 Å². The van der Waals surface area contributed by atoms with Crippen LogP contribution < -0.4 is 0 Å². The van der Waals surface area contributed by atoms with E-state index in [1.807, 2.05) is 0 Å². The number of nitro groups is 2.